The SMILES string of the molecule is CCCC(CN)c1nn[nH]n1. The fourth-order valence-corrected chi connectivity index (χ4v) is 1.04. The van der Waals surface area contributed by atoms with Crippen molar-refractivity contribution in [1.82, 2.24) is 20.6 Å². The first-order valence-corrected chi connectivity index (χ1v) is 3.81. The molecular weight excluding hydrogens is 142 g/mol. The van der Waals surface area contributed by atoms with E-state index in [2.05, 4.69) is 27.5 Å². The molecule has 0 aromatic carbocycles. The Kier molecular flexibility index (Phi) is 2.97. The smallest absolute Gasteiger partial charge is 0.178 e. The van der Waals surface area contributed by atoms with Crippen molar-refractivity contribution in [3.8, 4) is 0 Å². The Morgan fingerprint density at radius 1 is 1.64 bits per heavy atom. The zero-order valence-electron chi connectivity index (χ0n) is 6.62. The lowest BCUT2D eigenvalue weighted by molar-refractivity contribution is 0.590. The summed E-state index contributed by atoms with van der Waals surface area (Å²) in [7, 11) is 0. The van der Waals surface area contributed by atoms with Crippen molar-refractivity contribution < 1.29 is 0 Å². The second-order valence-corrected chi connectivity index (χ2v) is 2.49. The molecule has 1 rings (SSSR count). The predicted octanol–water partition coefficient (Wildman–Crippen LogP) is 0.0421. The van der Waals surface area contributed by atoms with Crippen molar-refractivity contribution in [3.63, 3.8) is 0 Å². The lowest BCUT2D eigenvalue weighted by Gasteiger charge is -2.06. The highest BCUT2D eigenvalue weighted by Crippen LogP contribution is 2.13. The molecule has 1 heterocycles. The molecule has 1 unspecified atom stereocenters. The molecule has 0 radical (unpaired) electrons. The monoisotopic (exact) mass is 155 g/mol. The van der Waals surface area contributed by atoms with Crippen LogP contribution in [0.5, 0.6) is 0 Å². The lowest BCUT2D eigenvalue weighted by Crippen LogP contribution is -2.13. The van der Waals surface area contributed by atoms with Gasteiger partial charge in [0.1, 0.15) is 0 Å². The molecule has 5 heteroatoms. The summed E-state index contributed by atoms with van der Waals surface area (Å²) in [4.78, 5) is 0. The van der Waals surface area contributed by atoms with Crippen LogP contribution in [-0.4, -0.2) is 27.2 Å². The summed E-state index contributed by atoms with van der Waals surface area (Å²) in [6.45, 7) is 2.70. The molecule has 0 saturated carbocycles. The second-order valence-electron chi connectivity index (χ2n) is 2.49. The van der Waals surface area contributed by atoms with Crippen molar-refractivity contribution >= 4 is 0 Å². The van der Waals surface area contributed by atoms with E-state index in [1.54, 1.807) is 0 Å². The van der Waals surface area contributed by atoms with Gasteiger partial charge in [-0.25, -0.2) is 0 Å². The summed E-state index contributed by atoms with van der Waals surface area (Å²) >= 11 is 0. The predicted molar refractivity (Wildman–Crippen MR) is 40.9 cm³/mol. The number of nitrogens with one attached hydrogen (secondary N) is 1. The molecule has 0 saturated heterocycles. The van der Waals surface area contributed by atoms with Gasteiger partial charge in [0, 0.05) is 12.5 Å². The van der Waals surface area contributed by atoms with E-state index in [0.29, 0.717) is 6.54 Å². The van der Waals surface area contributed by atoms with Crippen LogP contribution in [-0.2, 0) is 0 Å². The molecule has 3 N–H and O–H groups in total. The first-order valence-electron chi connectivity index (χ1n) is 3.81. The van der Waals surface area contributed by atoms with Crippen LogP contribution < -0.4 is 5.73 Å². The molecule has 5 nitrogen and oxygen atoms in total. The van der Waals surface area contributed by atoms with Gasteiger partial charge in [-0.2, -0.15) is 5.21 Å². The minimum absolute atomic E-state index is 0.263. The number of rotatable bonds is 4. The highest BCUT2D eigenvalue weighted by atomic mass is 15.5. The molecule has 1 aromatic heterocycles. The number of aromatic amines is 1. The highest BCUT2D eigenvalue weighted by molar-refractivity contribution is 4.90. The first-order chi connectivity index (χ1) is 5.38. The molecule has 1 aromatic rings. The largest absolute Gasteiger partial charge is 0.330 e. The Labute approximate surface area is 65.4 Å². The van der Waals surface area contributed by atoms with Crippen LogP contribution in [0.25, 0.3) is 0 Å². The molecule has 0 bridgehead atoms. The fourth-order valence-electron chi connectivity index (χ4n) is 1.04. The number of hydrogen-bond donors (Lipinski definition) is 2. The quantitative estimate of drug-likeness (QED) is 0.643. The van der Waals surface area contributed by atoms with E-state index in [1.807, 2.05) is 0 Å². The van der Waals surface area contributed by atoms with Gasteiger partial charge >= 0.3 is 0 Å². The standard InChI is InChI=1S/C6H13N5/c1-2-3-5(4-7)6-8-10-11-9-6/h5H,2-4,7H2,1H3,(H,8,9,10,11). The zero-order valence-corrected chi connectivity index (χ0v) is 6.62. The van der Waals surface area contributed by atoms with Crippen LogP contribution in [0.3, 0.4) is 0 Å². The Hall–Kier alpha value is -0.970. The van der Waals surface area contributed by atoms with Crippen LogP contribution in [0.1, 0.15) is 31.5 Å². The number of nitrogens with two attached hydrogens (primary N) is 1. The van der Waals surface area contributed by atoms with Crippen molar-refractivity contribution in [2.24, 2.45) is 5.73 Å². The van der Waals surface area contributed by atoms with Crippen molar-refractivity contribution in [1.29, 1.82) is 0 Å². The van der Waals surface area contributed by atoms with Gasteiger partial charge in [0.15, 0.2) is 5.82 Å². The minimum atomic E-state index is 0.263. The number of hydrogen-bond acceptors (Lipinski definition) is 4. The van der Waals surface area contributed by atoms with E-state index in [4.69, 9.17) is 5.73 Å². The Morgan fingerprint density at radius 3 is 2.91 bits per heavy atom. The van der Waals surface area contributed by atoms with Crippen LogP contribution in [0.2, 0.25) is 0 Å². The fraction of sp³-hybridized carbons (Fsp3) is 0.833. The van der Waals surface area contributed by atoms with Gasteiger partial charge in [0.25, 0.3) is 0 Å². The number of nitrogens with zero attached hydrogens (tertiary/aromatic N) is 3. The van der Waals surface area contributed by atoms with Gasteiger partial charge in [-0.15, -0.1) is 10.2 Å². The zero-order chi connectivity index (χ0) is 8.10. The van der Waals surface area contributed by atoms with E-state index < -0.39 is 0 Å². The molecular formula is C6H13N5. The molecule has 62 valence electrons. The molecule has 0 aliphatic heterocycles. The third-order valence-electron chi connectivity index (χ3n) is 1.65. The Morgan fingerprint density at radius 2 is 2.45 bits per heavy atom. The van der Waals surface area contributed by atoms with Crippen molar-refractivity contribution in [3.05, 3.63) is 5.82 Å². The van der Waals surface area contributed by atoms with Gasteiger partial charge in [-0.1, -0.05) is 18.6 Å². The summed E-state index contributed by atoms with van der Waals surface area (Å²) in [5.41, 5.74) is 5.53. The number of tetrazole rings is 1. The molecule has 0 amide bonds. The average molecular weight is 155 g/mol. The summed E-state index contributed by atoms with van der Waals surface area (Å²) in [5, 5.41) is 13.7. The molecule has 0 fully saturated rings. The molecule has 11 heavy (non-hydrogen) atoms. The van der Waals surface area contributed by atoms with Crippen molar-refractivity contribution in [2.45, 2.75) is 25.7 Å². The average Bonchev–Trinajstić information content (AvgIpc) is 2.52. The molecule has 0 aliphatic carbocycles. The second kappa shape index (κ2) is 4.02. The van der Waals surface area contributed by atoms with Gasteiger partial charge < -0.3 is 5.73 Å². The summed E-state index contributed by atoms with van der Waals surface area (Å²) in [6, 6.07) is 0. The summed E-state index contributed by atoms with van der Waals surface area (Å²) in [6.07, 6.45) is 2.12. The van der Waals surface area contributed by atoms with Gasteiger partial charge in [-0.3, -0.25) is 0 Å². The first kappa shape index (κ1) is 8.13. The lowest BCUT2D eigenvalue weighted by atomic mass is 10.0. The van der Waals surface area contributed by atoms with Crippen molar-refractivity contribution in [2.75, 3.05) is 6.54 Å². The Balaban J connectivity index is 2.56. The van der Waals surface area contributed by atoms with E-state index in [9.17, 15) is 0 Å². The third kappa shape index (κ3) is 1.98. The number of H-pyrrole nitrogens is 1. The van der Waals surface area contributed by atoms with E-state index in [1.165, 1.54) is 0 Å². The van der Waals surface area contributed by atoms with E-state index in [0.717, 1.165) is 18.7 Å². The summed E-state index contributed by atoms with van der Waals surface area (Å²) < 4.78 is 0. The maximum Gasteiger partial charge on any atom is 0.178 e. The maximum absolute atomic E-state index is 5.53. The van der Waals surface area contributed by atoms with Gasteiger partial charge in [0.2, 0.25) is 0 Å². The topological polar surface area (TPSA) is 80.5 Å². The minimum Gasteiger partial charge on any atom is -0.330 e. The van der Waals surface area contributed by atoms with Crippen LogP contribution in [0, 0.1) is 0 Å². The van der Waals surface area contributed by atoms with E-state index >= 15 is 0 Å². The highest BCUT2D eigenvalue weighted by Gasteiger charge is 2.12. The summed E-state index contributed by atoms with van der Waals surface area (Å²) in [5.74, 6) is 0.994. The number of aromatic nitrogens is 4. The third-order valence-corrected chi connectivity index (χ3v) is 1.65. The molecule has 1 atom stereocenters. The van der Waals surface area contributed by atoms with Crippen LogP contribution in [0.4, 0.5) is 0 Å². The van der Waals surface area contributed by atoms with Gasteiger partial charge in [0.05, 0.1) is 0 Å². The normalized spacial score (nSPS) is 13.3. The Bertz CT molecular complexity index is 183. The molecule has 0 aliphatic rings. The van der Waals surface area contributed by atoms with E-state index in [-0.39, 0.29) is 5.92 Å². The van der Waals surface area contributed by atoms with Gasteiger partial charge in [-0.05, 0) is 6.42 Å². The van der Waals surface area contributed by atoms with Crippen LogP contribution in [0.15, 0.2) is 0 Å². The van der Waals surface area contributed by atoms with Crippen LogP contribution >= 0.6 is 0 Å². The maximum atomic E-state index is 5.53. The molecule has 0 spiro atoms.